The summed E-state index contributed by atoms with van der Waals surface area (Å²) in [5.74, 6) is -1.17. The molecule has 1 N–H and O–H groups in total. The molecule has 84 valence electrons. The van der Waals surface area contributed by atoms with Gasteiger partial charge in [0.05, 0.1) is 12.3 Å². The Labute approximate surface area is 90.1 Å². The Kier molecular flexibility index (Phi) is 2.66. The second kappa shape index (κ2) is 3.97. The van der Waals surface area contributed by atoms with E-state index in [0.29, 0.717) is 5.69 Å². The molecule has 0 saturated heterocycles. The van der Waals surface area contributed by atoms with E-state index >= 15 is 0 Å². The molecule has 0 saturated carbocycles. The van der Waals surface area contributed by atoms with Crippen molar-refractivity contribution in [3.8, 4) is 5.69 Å². The zero-order valence-corrected chi connectivity index (χ0v) is 8.43. The average molecular weight is 225 g/mol. The van der Waals surface area contributed by atoms with Crippen LogP contribution in [0.1, 0.15) is 18.7 Å². The van der Waals surface area contributed by atoms with Crippen molar-refractivity contribution in [3.05, 3.63) is 41.7 Å². The highest BCUT2D eigenvalue weighted by atomic mass is 19.1. The molecule has 0 spiro atoms. The van der Waals surface area contributed by atoms with E-state index in [2.05, 4.69) is 10.3 Å². The summed E-state index contributed by atoms with van der Waals surface area (Å²) in [6.07, 6.45) is 0.549. The monoisotopic (exact) mass is 225 g/mol. The summed E-state index contributed by atoms with van der Waals surface area (Å²) in [4.78, 5) is 0. The lowest BCUT2D eigenvalue weighted by Crippen LogP contribution is -1.99. The third-order valence-corrected chi connectivity index (χ3v) is 2.09. The highest BCUT2D eigenvalue weighted by Gasteiger charge is 2.11. The minimum Gasteiger partial charge on any atom is -0.387 e. The van der Waals surface area contributed by atoms with Crippen LogP contribution in [-0.4, -0.2) is 20.1 Å². The molecule has 0 fully saturated rings. The summed E-state index contributed by atoms with van der Waals surface area (Å²) in [5.41, 5.74) is 0.253. The van der Waals surface area contributed by atoms with Crippen molar-refractivity contribution < 1.29 is 13.9 Å². The Morgan fingerprint density at radius 2 is 2.12 bits per heavy atom. The third-order valence-electron chi connectivity index (χ3n) is 2.09. The SMILES string of the molecule is C[C@H](O)c1cn(-c2cc(F)ccc2F)nn1. The fourth-order valence-electron chi connectivity index (χ4n) is 1.25. The maximum absolute atomic E-state index is 13.3. The predicted molar refractivity (Wildman–Crippen MR) is 51.9 cm³/mol. The van der Waals surface area contributed by atoms with Crippen LogP contribution < -0.4 is 0 Å². The van der Waals surface area contributed by atoms with Crippen molar-refractivity contribution in [2.45, 2.75) is 13.0 Å². The summed E-state index contributed by atoms with van der Waals surface area (Å²) in [6.45, 7) is 1.51. The van der Waals surface area contributed by atoms with Crippen molar-refractivity contribution in [1.82, 2.24) is 15.0 Å². The maximum Gasteiger partial charge on any atom is 0.149 e. The molecule has 2 rings (SSSR count). The number of halogens is 2. The number of benzene rings is 1. The molecule has 0 radical (unpaired) electrons. The van der Waals surface area contributed by atoms with Crippen LogP contribution in [0.3, 0.4) is 0 Å². The number of rotatable bonds is 2. The average Bonchev–Trinajstić information content (AvgIpc) is 2.70. The lowest BCUT2D eigenvalue weighted by Gasteiger charge is -2.01. The second-order valence-corrected chi connectivity index (χ2v) is 3.36. The number of aliphatic hydroxyl groups excluding tert-OH is 1. The normalized spacial score (nSPS) is 12.8. The zero-order valence-electron chi connectivity index (χ0n) is 8.43. The smallest absolute Gasteiger partial charge is 0.149 e. The van der Waals surface area contributed by atoms with E-state index in [1.54, 1.807) is 0 Å². The molecule has 1 aromatic heterocycles. The molecule has 6 heteroatoms. The van der Waals surface area contributed by atoms with Crippen LogP contribution in [0.4, 0.5) is 8.78 Å². The van der Waals surface area contributed by atoms with Crippen LogP contribution in [0, 0.1) is 11.6 Å². The van der Waals surface area contributed by atoms with Crippen LogP contribution in [0.5, 0.6) is 0 Å². The standard InChI is InChI=1S/C10H9F2N3O/c1-6(16)9-5-15(14-13-9)10-4-7(11)2-3-8(10)12/h2-6,16H,1H3/t6-/m0/s1. The van der Waals surface area contributed by atoms with E-state index in [1.165, 1.54) is 13.1 Å². The Morgan fingerprint density at radius 3 is 2.75 bits per heavy atom. The first-order valence-corrected chi connectivity index (χ1v) is 4.63. The van der Waals surface area contributed by atoms with Gasteiger partial charge < -0.3 is 5.11 Å². The molecule has 0 amide bonds. The minimum atomic E-state index is -0.801. The lowest BCUT2D eigenvalue weighted by molar-refractivity contribution is 0.194. The molecular formula is C10H9F2N3O. The van der Waals surface area contributed by atoms with Crippen molar-refractivity contribution in [2.75, 3.05) is 0 Å². The van der Waals surface area contributed by atoms with E-state index < -0.39 is 17.7 Å². The van der Waals surface area contributed by atoms with Crippen molar-refractivity contribution in [3.63, 3.8) is 0 Å². The molecule has 0 aliphatic carbocycles. The van der Waals surface area contributed by atoms with Crippen LogP contribution >= 0.6 is 0 Å². The van der Waals surface area contributed by atoms with Crippen molar-refractivity contribution in [2.24, 2.45) is 0 Å². The van der Waals surface area contributed by atoms with Gasteiger partial charge in [-0.15, -0.1) is 5.10 Å². The van der Waals surface area contributed by atoms with Gasteiger partial charge in [-0.05, 0) is 19.1 Å². The molecule has 1 aromatic carbocycles. The number of nitrogens with zero attached hydrogens (tertiary/aromatic N) is 3. The topological polar surface area (TPSA) is 50.9 Å². The van der Waals surface area contributed by atoms with Crippen molar-refractivity contribution >= 4 is 0 Å². The Hall–Kier alpha value is -1.82. The predicted octanol–water partition coefficient (Wildman–Crippen LogP) is 1.60. The molecule has 0 aliphatic heterocycles. The van der Waals surface area contributed by atoms with Gasteiger partial charge in [0.25, 0.3) is 0 Å². The van der Waals surface area contributed by atoms with Gasteiger partial charge in [-0.2, -0.15) is 0 Å². The zero-order chi connectivity index (χ0) is 11.7. The van der Waals surface area contributed by atoms with E-state index in [9.17, 15) is 13.9 Å². The molecule has 2 aromatic rings. The summed E-state index contributed by atoms with van der Waals surface area (Å²) >= 11 is 0. The first-order chi connectivity index (χ1) is 7.58. The molecular weight excluding hydrogens is 216 g/mol. The summed E-state index contributed by atoms with van der Waals surface area (Å²) in [6, 6.07) is 3.04. The first kappa shape index (κ1) is 10.7. The highest BCUT2D eigenvalue weighted by molar-refractivity contribution is 5.33. The fraction of sp³-hybridized carbons (Fsp3) is 0.200. The van der Waals surface area contributed by atoms with Gasteiger partial charge in [-0.25, -0.2) is 13.5 Å². The van der Waals surface area contributed by atoms with Gasteiger partial charge in [0, 0.05) is 6.07 Å². The lowest BCUT2D eigenvalue weighted by atomic mass is 10.3. The Balaban J connectivity index is 2.46. The molecule has 0 aliphatic rings. The molecule has 16 heavy (non-hydrogen) atoms. The van der Waals surface area contributed by atoms with Crippen LogP contribution in [0.25, 0.3) is 5.69 Å². The minimum absolute atomic E-state index is 0.0422. The van der Waals surface area contributed by atoms with Gasteiger partial charge in [-0.3, -0.25) is 0 Å². The van der Waals surface area contributed by atoms with Crippen molar-refractivity contribution in [1.29, 1.82) is 0 Å². The van der Waals surface area contributed by atoms with Gasteiger partial charge in [0.2, 0.25) is 0 Å². The molecule has 0 unspecified atom stereocenters. The quantitative estimate of drug-likeness (QED) is 0.844. The Morgan fingerprint density at radius 1 is 1.38 bits per heavy atom. The first-order valence-electron chi connectivity index (χ1n) is 4.63. The second-order valence-electron chi connectivity index (χ2n) is 3.36. The summed E-state index contributed by atoms with van der Waals surface area (Å²) in [7, 11) is 0. The maximum atomic E-state index is 13.3. The van der Waals surface area contributed by atoms with Crippen LogP contribution in [0.15, 0.2) is 24.4 Å². The van der Waals surface area contributed by atoms with E-state index in [4.69, 9.17) is 0 Å². The largest absolute Gasteiger partial charge is 0.387 e. The summed E-state index contributed by atoms with van der Waals surface area (Å²) < 4.78 is 27.4. The van der Waals surface area contributed by atoms with Gasteiger partial charge in [0.1, 0.15) is 23.0 Å². The Bertz CT molecular complexity index is 511. The summed E-state index contributed by atoms with van der Waals surface area (Å²) in [5, 5.41) is 16.5. The van der Waals surface area contributed by atoms with E-state index in [1.807, 2.05) is 0 Å². The van der Waals surface area contributed by atoms with Gasteiger partial charge in [0.15, 0.2) is 0 Å². The van der Waals surface area contributed by atoms with Gasteiger partial charge >= 0.3 is 0 Å². The number of hydrogen-bond acceptors (Lipinski definition) is 3. The molecule has 1 heterocycles. The van der Waals surface area contributed by atoms with Crippen LogP contribution in [-0.2, 0) is 0 Å². The molecule has 1 atom stereocenters. The number of aliphatic hydroxyl groups is 1. The van der Waals surface area contributed by atoms with E-state index in [-0.39, 0.29) is 5.69 Å². The molecule has 0 bridgehead atoms. The third kappa shape index (κ3) is 1.92. The fourth-order valence-corrected chi connectivity index (χ4v) is 1.25. The van der Waals surface area contributed by atoms with Crippen LogP contribution in [0.2, 0.25) is 0 Å². The molecule has 4 nitrogen and oxygen atoms in total. The highest BCUT2D eigenvalue weighted by Crippen LogP contribution is 2.15. The van der Waals surface area contributed by atoms with Gasteiger partial charge in [-0.1, -0.05) is 5.21 Å². The number of aromatic nitrogens is 3. The number of hydrogen-bond donors (Lipinski definition) is 1. The van der Waals surface area contributed by atoms with E-state index in [0.717, 1.165) is 22.9 Å².